The van der Waals surface area contributed by atoms with E-state index in [1.54, 1.807) is 0 Å². The van der Waals surface area contributed by atoms with Crippen molar-refractivity contribution in [2.45, 2.75) is 19.5 Å². The van der Waals surface area contributed by atoms with Gasteiger partial charge in [-0.1, -0.05) is 18.2 Å². The van der Waals surface area contributed by atoms with Crippen LogP contribution in [-0.4, -0.2) is 22.1 Å². The van der Waals surface area contributed by atoms with Gasteiger partial charge in [-0.3, -0.25) is 4.90 Å². The molecule has 3 aromatic rings. The van der Waals surface area contributed by atoms with Crippen LogP contribution in [0.3, 0.4) is 0 Å². The molecule has 1 aromatic carbocycles. The molecular weight excluding hydrogens is 346 g/mol. The van der Waals surface area contributed by atoms with Gasteiger partial charge in [0, 0.05) is 5.56 Å². The van der Waals surface area contributed by atoms with E-state index in [2.05, 4.69) is 31.0 Å². The molecule has 0 saturated carbocycles. The predicted molar refractivity (Wildman–Crippen MR) is 86.0 cm³/mol. The van der Waals surface area contributed by atoms with Gasteiger partial charge in [0.1, 0.15) is 5.76 Å². The molecule has 3 rings (SSSR count). The zero-order valence-electron chi connectivity index (χ0n) is 12.4. The monoisotopic (exact) mass is 361 g/mol. The summed E-state index contributed by atoms with van der Waals surface area (Å²) in [6.07, 6.45) is 0. The van der Waals surface area contributed by atoms with Crippen LogP contribution in [0.1, 0.15) is 24.6 Å². The number of hydrogen-bond donors (Lipinski definition) is 0. The third kappa shape index (κ3) is 3.28. The van der Waals surface area contributed by atoms with E-state index in [1.807, 2.05) is 56.4 Å². The van der Waals surface area contributed by atoms with Crippen molar-refractivity contribution >= 4 is 15.9 Å². The minimum absolute atomic E-state index is 0.00571. The lowest BCUT2D eigenvalue weighted by molar-refractivity contribution is 0.202. The van der Waals surface area contributed by atoms with Crippen LogP contribution < -0.4 is 0 Å². The lowest BCUT2D eigenvalue weighted by atomic mass is 10.2. The summed E-state index contributed by atoms with van der Waals surface area (Å²) in [7, 11) is 1.99. The van der Waals surface area contributed by atoms with Gasteiger partial charge in [0.2, 0.25) is 11.8 Å². The van der Waals surface area contributed by atoms with Crippen LogP contribution in [0.4, 0.5) is 0 Å². The van der Waals surface area contributed by atoms with Crippen molar-refractivity contribution < 1.29 is 8.83 Å². The van der Waals surface area contributed by atoms with Gasteiger partial charge in [-0.2, -0.15) is 0 Å². The van der Waals surface area contributed by atoms with Gasteiger partial charge >= 0.3 is 0 Å². The van der Waals surface area contributed by atoms with Gasteiger partial charge in [-0.05, 0) is 54.2 Å². The molecular formula is C16H16BrN3O2. The minimum Gasteiger partial charge on any atom is -0.453 e. The molecule has 1 unspecified atom stereocenters. The molecule has 0 saturated heterocycles. The SMILES string of the molecule is CC(c1nnc(-c2ccccc2)o1)N(C)Cc1ccc(Br)o1. The third-order valence-corrected chi connectivity index (χ3v) is 3.94. The molecule has 114 valence electrons. The Morgan fingerprint density at radius 2 is 1.86 bits per heavy atom. The molecule has 0 radical (unpaired) electrons. The van der Waals surface area contributed by atoms with Crippen molar-refractivity contribution in [2.75, 3.05) is 7.05 Å². The molecule has 0 fully saturated rings. The van der Waals surface area contributed by atoms with Crippen LogP contribution in [0.2, 0.25) is 0 Å². The highest BCUT2D eigenvalue weighted by atomic mass is 79.9. The Morgan fingerprint density at radius 3 is 2.55 bits per heavy atom. The molecule has 0 aliphatic rings. The molecule has 6 heteroatoms. The number of aromatic nitrogens is 2. The van der Waals surface area contributed by atoms with Gasteiger partial charge in [-0.15, -0.1) is 10.2 Å². The Morgan fingerprint density at radius 1 is 1.09 bits per heavy atom. The second kappa shape index (κ2) is 6.46. The van der Waals surface area contributed by atoms with E-state index in [4.69, 9.17) is 8.83 Å². The molecule has 0 bridgehead atoms. The number of halogens is 1. The number of hydrogen-bond acceptors (Lipinski definition) is 5. The molecule has 0 aliphatic carbocycles. The largest absolute Gasteiger partial charge is 0.453 e. The molecule has 2 aromatic heterocycles. The lowest BCUT2D eigenvalue weighted by Gasteiger charge is -2.20. The summed E-state index contributed by atoms with van der Waals surface area (Å²) in [4.78, 5) is 2.09. The first-order valence-electron chi connectivity index (χ1n) is 6.97. The summed E-state index contributed by atoms with van der Waals surface area (Å²) < 4.78 is 12.0. The topological polar surface area (TPSA) is 55.3 Å². The second-order valence-corrected chi connectivity index (χ2v) is 5.89. The number of rotatable bonds is 5. The predicted octanol–water partition coefficient (Wildman–Crippen LogP) is 4.29. The summed E-state index contributed by atoms with van der Waals surface area (Å²) in [5.41, 5.74) is 0.922. The Labute approximate surface area is 137 Å². The van der Waals surface area contributed by atoms with E-state index in [-0.39, 0.29) is 6.04 Å². The van der Waals surface area contributed by atoms with E-state index in [1.165, 1.54) is 0 Å². The third-order valence-electron chi connectivity index (χ3n) is 3.51. The summed E-state index contributed by atoms with van der Waals surface area (Å²) in [6, 6.07) is 13.6. The number of furan rings is 1. The van der Waals surface area contributed by atoms with Crippen LogP contribution in [0.15, 0.2) is 56.0 Å². The zero-order valence-corrected chi connectivity index (χ0v) is 13.9. The van der Waals surface area contributed by atoms with E-state index >= 15 is 0 Å². The Balaban J connectivity index is 1.72. The Hall–Kier alpha value is -1.92. The second-order valence-electron chi connectivity index (χ2n) is 5.11. The molecule has 5 nitrogen and oxygen atoms in total. The first-order chi connectivity index (χ1) is 10.6. The van der Waals surface area contributed by atoms with Crippen molar-refractivity contribution in [3.63, 3.8) is 0 Å². The highest BCUT2D eigenvalue weighted by Crippen LogP contribution is 2.24. The quantitative estimate of drug-likeness (QED) is 0.678. The maximum absolute atomic E-state index is 5.79. The fourth-order valence-corrected chi connectivity index (χ4v) is 2.45. The highest BCUT2D eigenvalue weighted by Gasteiger charge is 2.20. The van der Waals surface area contributed by atoms with E-state index in [9.17, 15) is 0 Å². The molecule has 1 atom stereocenters. The zero-order chi connectivity index (χ0) is 15.5. The first kappa shape index (κ1) is 15.0. The van der Waals surface area contributed by atoms with E-state index in [0.29, 0.717) is 18.3 Å². The molecule has 22 heavy (non-hydrogen) atoms. The number of nitrogens with zero attached hydrogens (tertiary/aromatic N) is 3. The van der Waals surface area contributed by atoms with E-state index < -0.39 is 0 Å². The van der Waals surface area contributed by atoms with Crippen molar-refractivity contribution in [3.8, 4) is 11.5 Å². The van der Waals surface area contributed by atoms with Crippen LogP contribution >= 0.6 is 15.9 Å². The standard InChI is InChI=1S/C16H16BrN3O2/c1-11(20(2)10-13-8-9-14(17)21-13)15-18-19-16(22-15)12-6-4-3-5-7-12/h3-9,11H,10H2,1-2H3. The van der Waals surface area contributed by atoms with Gasteiger partial charge in [-0.25, -0.2) is 0 Å². The lowest BCUT2D eigenvalue weighted by Crippen LogP contribution is -2.21. The molecule has 0 spiro atoms. The van der Waals surface area contributed by atoms with Crippen molar-refractivity contribution in [2.24, 2.45) is 0 Å². The van der Waals surface area contributed by atoms with Crippen LogP contribution in [0, 0.1) is 0 Å². The maximum atomic E-state index is 5.79. The maximum Gasteiger partial charge on any atom is 0.247 e. The fraction of sp³-hybridized carbons (Fsp3) is 0.250. The average molecular weight is 362 g/mol. The molecule has 0 N–H and O–H groups in total. The molecule has 2 heterocycles. The Kier molecular flexibility index (Phi) is 4.40. The van der Waals surface area contributed by atoms with Crippen LogP contribution in [0.5, 0.6) is 0 Å². The smallest absolute Gasteiger partial charge is 0.247 e. The Bertz CT molecular complexity index is 739. The number of benzene rings is 1. The first-order valence-corrected chi connectivity index (χ1v) is 7.76. The van der Waals surface area contributed by atoms with Crippen LogP contribution in [-0.2, 0) is 6.54 Å². The summed E-state index contributed by atoms with van der Waals surface area (Å²) in [5.74, 6) is 2.01. The average Bonchev–Trinajstić information content (AvgIpc) is 3.17. The van der Waals surface area contributed by atoms with Gasteiger partial charge in [0.25, 0.3) is 0 Å². The van der Waals surface area contributed by atoms with Crippen LogP contribution in [0.25, 0.3) is 11.5 Å². The van der Waals surface area contributed by atoms with E-state index in [0.717, 1.165) is 16.0 Å². The van der Waals surface area contributed by atoms with Crippen molar-refractivity contribution in [3.05, 3.63) is 58.8 Å². The summed E-state index contributed by atoms with van der Waals surface area (Å²) in [6.45, 7) is 2.69. The molecule has 0 amide bonds. The van der Waals surface area contributed by atoms with Crippen molar-refractivity contribution in [1.29, 1.82) is 0 Å². The molecule has 0 aliphatic heterocycles. The van der Waals surface area contributed by atoms with Gasteiger partial charge in [0.15, 0.2) is 4.67 Å². The minimum atomic E-state index is -0.00571. The normalized spacial score (nSPS) is 12.7. The van der Waals surface area contributed by atoms with Crippen molar-refractivity contribution in [1.82, 2.24) is 15.1 Å². The highest BCUT2D eigenvalue weighted by molar-refractivity contribution is 9.10. The van der Waals surface area contributed by atoms with Gasteiger partial charge in [0.05, 0.1) is 12.6 Å². The van der Waals surface area contributed by atoms with Gasteiger partial charge < -0.3 is 8.83 Å². The summed E-state index contributed by atoms with van der Waals surface area (Å²) in [5, 5.41) is 8.29. The summed E-state index contributed by atoms with van der Waals surface area (Å²) >= 11 is 3.31. The fourth-order valence-electron chi connectivity index (χ4n) is 2.11.